The Kier molecular flexibility index (Phi) is 10.8. The molecule has 0 amide bonds. The van der Waals surface area contributed by atoms with Crippen LogP contribution >= 0.6 is 23.2 Å². The molecule has 14 heteroatoms. The molecule has 0 unspecified atom stereocenters. The predicted molar refractivity (Wildman–Crippen MR) is 131 cm³/mol. The molecule has 0 aliphatic carbocycles. The lowest BCUT2D eigenvalue weighted by molar-refractivity contribution is -0.385. The number of nitrogens with one attached hydrogen (secondary N) is 1. The van der Waals surface area contributed by atoms with Crippen LogP contribution in [-0.4, -0.2) is 72.9 Å². The monoisotopic (exact) mass is 544 g/mol. The van der Waals surface area contributed by atoms with E-state index in [0.29, 0.717) is 31.9 Å². The Morgan fingerprint density at radius 3 is 2.25 bits per heavy atom. The summed E-state index contributed by atoms with van der Waals surface area (Å²) in [5.74, 6) is -0.540. The zero-order valence-corrected chi connectivity index (χ0v) is 20.4. The van der Waals surface area contributed by atoms with Crippen LogP contribution in [0, 0.1) is 15.9 Å². The van der Waals surface area contributed by atoms with Gasteiger partial charge in [-0.1, -0.05) is 23.2 Å². The Morgan fingerprint density at radius 1 is 0.944 bits per heavy atom. The minimum Gasteiger partial charge on any atom is -0.484 e. The van der Waals surface area contributed by atoms with Crippen LogP contribution in [0.3, 0.4) is 0 Å². The normalized spacial score (nSPS) is 11.1. The van der Waals surface area contributed by atoms with Gasteiger partial charge >= 0.3 is 5.69 Å². The third-order valence-electron chi connectivity index (χ3n) is 4.64. The summed E-state index contributed by atoms with van der Waals surface area (Å²) in [5, 5.41) is 23.5. The number of nitro benzene ring substituents is 1. The molecule has 0 fully saturated rings. The first kappa shape index (κ1) is 27.7. The van der Waals surface area contributed by atoms with Crippen LogP contribution in [-0.2, 0) is 14.2 Å². The molecule has 1 aromatic heterocycles. The van der Waals surface area contributed by atoms with Gasteiger partial charge in [-0.05, 0) is 12.1 Å². The van der Waals surface area contributed by atoms with Crippen LogP contribution < -0.4 is 10.1 Å². The van der Waals surface area contributed by atoms with Crippen LogP contribution in [0.25, 0.3) is 10.9 Å². The van der Waals surface area contributed by atoms with E-state index in [1.54, 1.807) is 0 Å². The highest BCUT2D eigenvalue weighted by molar-refractivity contribution is 6.42. The first-order valence-corrected chi connectivity index (χ1v) is 11.5. The number of aromatic nitrogens is 2. The number of nitrogens with zero attached hydrogens (tertiary/aromatic N) is 3. The van der Waals surface area contributed by atoms with Gasteiger partial charge in [0.25, 0.3) is 0 Å². The van der Waals surface area contributed by atoms with E-state index in [1.807, 2.05) is 0 Å². The van der Waals surface area contributed by atoms with Crippen LogP contribution in [0.1, 0.15) is 0 Å². The summed E-state index contributed by atoms with van der Waals surface area (Å²) in [4.78, 5) is 19.3. The maximum absolute atomic E-state index is 14.3. The van der Waals surface area contributed by atoms with Crippen molar-refractivity contribution in [2.45, 2.75) is 0 Å². The molecule has 0 bridgehead atoms. The van der Waals surface area contributed by atoms with Crippen LogP contribution in [0.15, 0.2) is 30.6 Å². The zero-order chi connectivity index (χ0) is 25.9. The second kappa shape index (κ2) is 14.0. The zero-order valence-electron chi connectivity index (χ0n) is 18.9. The van der Waals surface area contributed by atoms with Crippen molar-refractivity contribution in [3.63, 3.8) is 0 Å². The van der Waals surface area contributed by atoms with Gasteiger partial charge in [0.15, 0.2) is 5.75 Å². The summed E-state index contributed by atoms with van der Waals surface area (Å²) in [6.07, 6.45) is 1.23. The number of benzene rings is 2. The van der Waals surface area contributed by atoms with E-state index < -0.39 is 10.7 Å². The summed E-state index contributed by atoms with van der Waals surface area (Å²) in [7, 11) is 0. The van der Waals surface area contributed by atoms with E-state index in [9.17, 15) is 14.5 Å². The van der Waals surface area contributed by atoms with Crippen LogP contribution in [0.4, 0.5) is 21.6 Å². The van der Waals surface area contributed by atoms with Gasteiger partial charge in [0.05, 0.1) is 77.8 Å². The maximum Gasteiger partial charge on any atom is 0.311 e. The molecule has 194 valence electrons. The fourth-order valence-electron chi connectivity index (χ4n) is 2.99. The summed E-state index contributed by atoms with van der Waals surface area (Å²) in [6.45, 7) is 1.84. The van der Waals surface area contributed by atoms with Crippen molar-refractivity contribution in [1.29, 1.82) is 0 Å². The average molecular weight is 545 g/mol. The van der Waals surface area contributed by atoms with Gasteiger partial charge in [-0.25, -0.2) is 14.4 Å². The molecule has 36 heavy (non-hydrogen) atoms. The average Bonchev–Trinajstić information content (AvgIpc) is 2.85. The molecule has 0 aliphatic rings. The van der Waals surface area contributed by atoms with Crippen molar-refractivity contribution in [2.75, 3.05) is 58.2 Å². The van der Waals surface area contributed by atoms with Crippen molar-refractivity contribution in [1.82, 2.24) is 9.97 Å². The first-order chi connectivity index (χ1) is 17.4. The fraction of sp³-hybridized carbons (Fsp3) is 0.364. The highest BCUT2D eigenvalue weighted by Crippen LogP contribution is 2.36. The topological polar surface area (TPSA) is 138 Å². The molecule has 0 spiro atoms. The van der Waals surface area contributed by atoms with Crippen LogP contribution in [0.5, 0.6) is 5.75 Å². The number of ether oxygens (including phenoxy) is 4. The number of hydrogen-bond acceptors (Lipinski definition) is 10. The largest absolute Gasteiger partial charge is 0.484 e. The number of aliphatic hydroxyl groups is 1. The van der Waals surface area contributed by atoms with Gasteiger partial charge < -0.3 is 29.4 Å². The molecule has 3 rings (SSSR count). The van der Waals surface area contributed by atoms with Crippen molar-refractivity contribution in [3.8, 4) is 5.75 Å². The molecule has 11 nitrogen and oxygen atoms in total. The number of nitro groups is 1. The number of hydrogen-bond donors (Lipinski definition) is 2. The lowest BCUT2D eigenvalue weighted by Crippen LogP contribution is -2.13. The molecular formula is C22H23Cl2FN4O7. The van der Waals surface area contributed by atoms with Crippen molar-refractivity contribution in [3.05, 3.63) is 56.6 Å². The Balaban J connectivity index is 1.62. The highest BCUT2D eigenvalue weighted by Gasteiger charge is 2.20. The maximum atomic E-state index is 14.3. The smallest absolute Gasteiger partial charge is 0.311 e. The van der Waals surface area contributed by atoms with E-state index in [2.05, 4.69) is 15.3 Å². The molecule has 0 aliphatic heterocycles. The summed E-state index contributed by atoms with van der Waals surface area (Å²) < 4.78 is 35.6. The van der Waals surface area contributed by atoms with E-state index in [4.69, 9.17) is 47.3 Å². The Labute approximate surface area is 215 Å². The van der Waals surface area contributed by atoms with Crippen molar-refractivity contribution >= 4 is 51.3 Å². The van der Waals surface area contributed by atoms with Gasteiger partial charge in [-0.2, -0.15) is 0 Å². The molecular weight excluding hydrogens is 522 g/mol. The second-order valence-electron chi connectivity index (χ2n) is 7.10. The third-order valence-corrected chi connectivity index (χ3v) is 5.36. The molecule has 2 aromatic carbocycles. The lowest BCUT2D eigenvalue weighted by atomic mass is 10.2. The Morgan fingerprint density at radius 2 is 1.58 bits per heavy atom. The van der Waals surface area contributed by atoms with Gasteiger partial charge in [0.1, 0.15) is 24.6 Å². The number of aliphatic hydroxyl groups excluding tert-OH is 1. The molecule has 0 saturated carbocycles. The van der Waals surface area contributed by atoms with Crippen LogP contribution in [0.2, 0.25) is 10.0 Å². The van der Waals surface area contributed by atoms with E-state index in [1.165, 1.54) is 24.5 Å². The van der Waals surface area contributed by atoms with Crippen molar-refractivity contribution < 1.29 is 33.4 Å². The van der Waals surface area contributed by atoms with E-state index >= 15 is 0 Å². The first-order valence-electron chi connectivity index (χ1n) is 10.7. The number of anilines is 2. The predicted octanol–water partition coefficient (Wildman–Crippen LogP) is 4.15. The summed E-state index contributed by atoms with van der Waals surface area (Å²) in [6, 6.07) is 4.98. The Bertz CT molecular complexity index is 1190. The molecule has 2 N–H and O–H groups in total. The molecule has 3 aromatic rings. The second-order valence-corrected chi connectivity index (χ2v) is 7.91. The van der Waals surface area contributed by atoms with E-state index in [0.717, 1.165) is 6.07 Å². The molecule has 0 saturated heterocycles. The minimum absolute atomic E-state index is 0.00116. The van der Waals surface area contributed by atoms with Crippen molar-refractivity contribution in [2.24, 2.45) is 0 Å². The quantitative estimate of drug-likeness (QED) is 0.124. The molecule has 0 atom stereocenters. The standard InChI is InChI=1S/C22H23Cl2FN4O7/c23-15-10-17(25)19(11-16(15)24)28-22-14-9-20(29(31)32)21(12-18(14)26-13-27-22)36-8-7-35-6-5-34-4-3-33-2-1-30/h9-13,30H,1-8H2,(H,26,27,28). The van der Waals surface area contributed by atoms with E-state index in [-0.39, 0.29) is 64.8 Å². The fourth-order valence-corrected chi connectivity index (χ4v) is 3.31. The number of halogens is 3. The molecule has 1 heterocycles. The Hall–Kier alpha value is -2.87. The van der Waals surface area contributed by atoms with Gasteiger partial charge in [-0.3, -0.25) is 10.1 Å². The summed E-state index contributed by atoms with van der Waals surface area (Å²) >= 11 is 11.8. The van der Waals surface area contributed by atoms with Gasteiger partial charge in [-0.15, -0.1) is 0 Å². The third kappa shape index (κ3) is 7.82. The van der Waals surface area contributed by atoms with Gasteiger partial charge in [0, 0.05) is 12.1 Å². The molecule has 0 radical (unpaired) electrons. The minimum atomic E-state index is -0.675. The summed E-state index contributed by atoms with van der Waals surface area (Å²) in [5.41, 5.74) is 0.0127. The van der Waals surface area contributed by atoms with Gasteiger partial charge in [0.2, 0.25) is 0 Å². The number of fused-ring (bicyclic) bond motifs is 1. The SMILES string of the molecule is O=[N+]([O-])c1cc2c(Nc3cc(Cl)c(Cl)cc3F)ncnc2cc1OCCOCCOCCOCCO. The highest BCUT2D eigenvalue weighted by atomic mass is 35.5. The number of rotatable bonds is 15. The lowest BCUT2D eigenvalue weighted by Gasteiger charge is -2.12.